The fourth-order valence-corrected chi connectivity index (χ4v) is 3.77. The van der Waals surface area contributed by atoms with Crippen LogP contribution in [0, 0.1) is 0 Å². The van der Waals surface area contributed by atoms with Gasteiger partial charge in [0.1, 0.15) is 0 Å². The number of benzene rings is 2. The first-order valence-electron chi connectivity index (χ1n) is 9.27. The maximum Gasteiger partial charge on any atom is 0.265 e. The zero-order valence-electron chi connectivity index (χ0n) is 15.6. The van der Waals surface area contributed by atoms with Gasteiger partial charge in [-0.2, -0.15) is 0 Å². The Morgan fingerprint density at radius 2 is 1.52 bits per heavy atom. The minimum absolute atomic E-state index is 0.132. The minimum Gasteiger partial charge on any atom is -0.322 e. The van der Waals surface area contributed by atoms with Crippen molar-refractivity contribution >= 4 is 46.1 Å². The van der Waals surface area contributed by atoms with Crippen LogP contribution in [-0.4, -0.2) is 24.3 Å². The second-order valence-electron chi connectivity index (χ2n) is 6.66. The summed E-state index contributed by atoms with van der Waals surface area (Å²) in [5.74, 6) is -0.284. The van der Waals surface area contributed by atoms with Crippen LogP contribution < -0.4 is 15.5 Å². The summed E-state index contributed by atoms with van der Waals surface area (Å²) in [5.41, 5.74) is 2.61. The van der Waals surface area contributed by atoms with Crippen LogP contribution in [-0.2, 0) is 4.79 Å². The molecule has 0 saturated carbocycles. The summed E-state index contributed by atoms with van der Waals surface area (Å²) in [5, 5.41) is 7.49. The first-order chi connectivity index (χ1) is 14.1. The molecule has 3 aromatic rings. The lowest BCUT2D eigenvalue weighted by Gasteiger charge is -2.16. The Balaban J connectivity index is 1.37. The maximum absolute atomic E-state index is 12.5. The van der Waals surface area contributed by atoms with Gasteiger partial charge in [0, 0.05) is 35.6 Å². The van der Waals surface area contributed by atoms with Crippen molar-refractivity contribution in [2.75, 3.05) is 22.1 Å². The lowest BCUT2D eigenvalue weighted by atomic mass is 10.2. The molecule has 1 aromatic heterocycles. The smallest absolute Gasteiger partial charge is 0.265 e. The summed E-state index contributed by atoms with van der Waals surface area (Å²) < 4.78 is 0. The topological polar surface area (TPSA) is 78.5 Å². The number of hydrogen-bond donors (Lipinski definition) is 2. The molecule has 2 aromatic carbocycles. The molecule has 1 aliphatic rings. The van der Waals surface area contributed by atoms with Gasteiger partial charge in [0.05, 0.1) is 4.88 Å². The molecule has 4 rings (SSSR count). The van der Waals surface area contributed by atoms with E-state index in [1.807, 2.05) is 23.6 Å². The number of nitrogens with zero attached hydrogens (tertiary/aromatic N) is 1. The lowest BCUT2D eigenvalue weighted by molar-refractivity contribution is -0.117. The highest BCUT2D eigenvalue weighted by Crippen LogP contribution is 2.23. The minimum atomic E-state index is -0.244. The summed E-state index contributed by atoms with van der Waals surface area (Å²) in [4.78, 5) is 38.7. The predicted molar refractivity (Wildman–Crippen MR) is 115 cm³/mol. The molecule has 29 heavy (non-hydrogen) atoms. The largest absolute Gasteiger partial charge is 0.322 e. The summed E-state index contributed by atoms with van der Waals surface area (Å²) >= 11 is 1.37. The molecule has 1 aliphatic heterocycles. The SMILES string of the molecule is O=C(Nc1ccc(N2CCCC2=O)cc1)c1ccc(NC(=O)c2cccs2)cc1. The van der Waals surface area contributed by atoms with Gasteiger partial charge in [-0.15, -0.1) is 11.3 Å². The van der Waals surface area contributed by atoms with Gasteiger partial charge in [0.15, 0.2) is 0 Å². The van der Waals surface area contributed by atoms with Crippen molar-refractivity contribution in [3.8, 4) is 0 Å². The second-order valence-corrected chi connectivity index (χ2v) is 7.61. The Hall–Kier alpha value is -3.45. The van der Waals surface area contributed by atoms with E-state index in [4.69, 9.17) is 0 Å². The van der Waals surface area contributed by atoms with E-state index in [-0.39, 0.29) is 17.7 Å². The second kappa shape index (κ2) is 8.28. The first-order valence-corrected chi connectivity index (χ1v) is 10.1. The average molecular weight is 405 g/mol. The van der Waals surface area contributed by atoms with Gasteiger partial charge >= 0.3 is 0 Å². The van der Waals surface area contributed by atoms with Crippen molar-refractivity contribution in [1.29, 1.82) is 0 Å². The molecule has 2 N–H and O–H groups in total. The number of hydrogen-bond acceptors (Lipinski definition) is 4. The maximum atomic E-state index is 12.5. The van der Waals surface area contributed by atoms with Gasteiger partial charge in [-0.25, -0.2) is 0 Å². The number of carbonyl (C=O) groups is 3. The molecule has 6 nitrogen and oxygen atoms in total. The fourth-order valence-electron chi connectivity index (χ4n) is 3.15. The molecule has 0 bridgehead atoms. The predicted octanol–water partition coefficient (Wildman–Crippen LogP) is 4.38. The molecule has 0 aliphatic carbocycles. The summed E-state index contributed by atoms with van der Waals surface area (Å²) in [7, 11) is 0. The molecule has 7 heteroatoms. The number of carbonyl (C=O) groups excluding carboxylic acids is 3. The van der Waals surface area contributed by atoms with E-state index in [1.54, 1.807) is 47.4 Å². The monoisotopic (exact) mass is 405 g/mol. The number of amides is 3. The molecule has 0 atom stereocenters. The van der Waals surface area contributed by atoms with E-state index in [0.717, 1.165) is 18.7 Å². The van der Waals surface area contributed by atoms with Crippen molar-refractivity contribution < 1.29 is 14.4 Å². The normalized spacial score (nSPS) is 13.4. The van der Waals surface area contributed by atoms with Gasteiger partial charge in [-0.1, -0.05) is 6.07 Å². The van der Waals surface area contributed by atoms with Crippen LogP contribution in [0.15, 0.2) is 66.0 Å². The Kier molecular flexibility index (Phi) is 5.39. The van der Waals surface area contributed by atoms with Gasteiger partial charge in [0.2, 0.25) is 5.91 Å². The molecule has 146 valence electrons. The Labute approximate surface area is 172 Å². The molecule has 0 spiro atoms. The van der Waals surface area contributed by atoms with Gasteiger partial charge in [-0.3, -0.25) is 14.4 Å². The molecule has 1 fully saturated rings. The van der Waals surface area contributed by atoms with Crippen LogP contribution >= 0.6 is 11.3 Å². The molecule has 1 saturated heterocycles. The number of anilines is 3. The highest BCUT2D eigenvalue weighted by atomic mass is 32.1. The van der Waals surface area contributed by atoms with E-state index in [9.17, 15) is 14.4 Å². The van der Waals surface area contributed by atoms with Gasteiger partial charge < -0.3 is 15.5 Å². The van der Waals surface area contributed by atoms with Crippen LogP contribution in [0.3, 0.4) is 0 Å². The third-order valence-electron chi connectivity index (χ3n) is 4.66. The summed E-state index contributed by atoms with van der Waals surface area (Å²) in [6.45, 7) is 0.736. The number of nitrogens with one attached hydrogen (secondary N) is 2. The zero-order chi connectivity index (χ0) is 20.2. The first kappa shape index (κ1) is 18.9. The van der Waals surface area contributed by atoms with E-state index in [1.165, 1.54) is 11.3 Å². The van der Waals surface area contributed by atoms with E-state index in [2.05, 4.69) is 10.6 Å². The summed E-state index contributed by atoms with van der Waals surface area (Å²) in [6, 6.07) is 17.5. The fraction of sp³-hybridized carbons (Fsp3) is 0.136. The molecule has 0 radical (unpaired) electrons. The van der Waals surface area contributed by atoms with Gasteiger partial charge in [-0.05, 0) is 66.4 Å². The number of rotatable bonds is 5. The standard InChI is InChI=1S/C22H19N3O3S/c26-20-4-1-13-25(20)18-11-9-17(10-12-18)23-21(27)15-5-7-16(8-6-15)24-22(28)19-3-2-14-29-19/h2-3,5-12,14H,1,4,13H2,(H,23,27)(H,24,28). The van der Waals surface area contributed by atoms with Gasteiger partial charge in [0.25, 0.3) is 11.8 Å². The third-order valence-corrected chi connectivity index (χ3v) is 5.53. The quantitative estimate of drug-likeness (QED) is 0.661. The summed E-state index contributed by atoms with van der Waals surface area (Å²) in [6.07, 6.45) is 1.46. The van der Waals surface area contributed by atoms with Crippen LogP contribution in [0.1, 0.15) is 32.9 Å². The number of thiophene rings is 1. The highest BCUT2D eigenvalue weighted by molar-refractivity contribution is 7.12. The van der Waals surface area contributed by atoms with E-state index < -0.39 is 0 Å². The van der Waals surface area contributed by atoms with Crippen LogP contribution in [0.4, 0.5) is 17.1 Å². The highest BCUT2D eigenvalue weighted by Gasteiger charge is 2.21. The molecular formula is C22H19N3O3S. The Morgan fingerprint density at radius 3 is 2.10 bits per heavy atom. The molecule has 0 unspecified atom stereocenters. The van der Waals surface area contributed by atoms with Crippen LogP contribution in [0.2, 0.25) is 0 Å². The molecule has 2 heterocycles. The van der Waals surface area contributed by atoms with Crippen molar-refractivity contribution in [1.82, 2.24) is 0 Å². The van der Waals surface area contributed by atoms with Crippen LogP contribution in [0.5, 0.6) is 0 Å². The molecule has 3 amide bonds. The van der Waals surface area contributed by atoms with E-state index in [0.29, 0.717) is 28.2 Å². The lowest BCUT2D eigenvalue weighted by Crippen LogP contribution is -2.23. The average Bonchev–Trinajstić information content (AvgIpc) is 3.41. The van der Waals surface area contributed by atoms with E-state index >= 15 is 0 Å². The zero-order valence-corrected chi connectivity index (χ0v) is 16.4. The van der Waals surface area contributed by atoms with Crippen molar-refractivity contribution in [2.45, 2.75) is 12.8 Å². The van der Waals surface area contributed by atoms with Crippen molar-refractivity contribution in [3.05, 3.63) is 76.5 Å². The van der Waals surface area contributed by atoms with Crippen LogP contribution in [0.25, 0.3) is 0 Å². The molecular weight excluding hydrogens is 386 g/mol. The van der Waals surface area contributed by atoms with Crippen molar-refractivity contribution in [2.24, 2.45) is 0 Å². The Bertz CT molecular complexity index is 1030. The third kappa shape index (κ3) is 4.35. The Morgan fingerprint density at radius 1 is 0.862 bits per heavy atom. The van der Waals surface area contributed by atoms with Crippen molar-refractivity contribution in [3.63, 3.8) is 0 Å².